The van der Waals surface area contributed by atoms with Crippen molar-refractivity contribution < 1.29 is 9.18 Å². The molecule has 2 N–H and O–H groups in total. The zero-order chi connectivity index (χ0) is 15.2. The van der Waals surface area contributed by atoms with E-state index in [0.717, 1.165) is 31.5 Å². The van der Waals surface area contributed by atoms with E-state index in [4.69, 9.17) is 0 Å². The summed E-state index contributed by atoms with van der Waals surface area (Å²) in [6.07, 6.45) is 2.17. The van der Waals surface area contributed by atoms with Gasteiger partial charge in [0.1, 0.15) is 5.82 Å². The number of likely N-dealkylation sites (N-methyl/N-ethyl adjacent to an activating group) is 1. The molecule has 1 amide bonds. The smallest absolute Gasteiger partial charge is 0.234 e. The van der Waals surface area contributed by atoms with E-state index >= 15 is 0 Å². The number of piperidine rings is 1. The van der Waals surface area contributed by atoms with Crippen LogP contribution < -0.4 is 10.6 Å². The highest BCUT2D eigenvalue weighted by atomic mass is 19.1. The summed E-state index contributed by atoms with van der Waals surface area (Å²) in [5.74, 6) is -0.200. The average molecular weight is 293 g/mol. The minimum Gasteiger partial charge on any atom is -0.351 e. The molecule has 0 aromatic heterocycles. The molecule has 1 aromatic rings. The molecular weight excluding hydrogens is 269 g/mol. The fraction of sp³-hybridized carbons (Fsp3) is 0.562. The Balaban J connectivity index is 1.77. The summed E-state index contributed by atoms with van der Waals surface area (Å²) in [7, 11) is 2.00. The lowest BCUT2D eigenvalue weighted by atomic mass is 10.1. The lowest BCUT2D eigenvalue weighted by molar-refractivity contribution is -0.122. The van der Waals surface area contributed by atoms with Crippen LogP contribution in [-0.4, -0.2) is 43.5 Å². The Labute approximate surface area is 125 Å². The van der Waals surface area contributed by atoms with Crippen LogP contribution in [-0.2, 0) is 11.3 Å². The summed E-state index contributed by atoms with van der Waals surface area (Å²) in [5.41, 5.74) is 1.53. The molecule has 1 saturated heterocycles. The predicted octanol–water partition coefficient (Wildman–Crippen LogP) is 1.43. The molecule has 1 aliphatic rings. The van der Waals surface area contributed by atoms with Crippen LogP contribution in [0.25, 0.3) is 0 Å². The van der Waals surface area contributed by atoms with E-state index in [2.05, 4.69) is 15.5 Å². The third-order valence-corrected chi connectivity index (χ3v) is 4.04. The summed E-state index contributed by atoms with van der Waals surface area (Å²) in [5, 5.41) is 6.22. The van der Waals surface area contributed by atoms with Gasteiger partial charge in [0.25, 0.3) is 0 Å². The number of aryl methyl sites for hydroxylation is 1. The van der Waals surface area contributed by atoms with Crippen LogP contribution in [0.1, 0.15) is 24.0 Å². The molecule has 4 nitrogen and oxygen atoms in total. The summed E-state index contributed by atoms with van der Waals surface area (Å²) < 4.78 is 13.2. The third-order valence-electron chi connectivity index (χ3n) is 4.04. The van der Waals surface area contributed by atoms with E-state index in [-0.39, 0.29) is 11.7 Å². The first-order chi connectivity index (χ1) is 10.1. The monoisotopic (exact) mass is 293 g/mol. The quantitative estimate of drug-likeness (QED) is 0.863. The second-order valence-corrected chi connectivity index (χ2v) is 5.76. The van der Waals surface area contributed by atoms with Crippen LogP contribution in [0.5, 0.6) is 0 Å². The van der Waals surface area contributed by atoms with E-state index in [1.807, 2.05) is 7.05 Å². The van der Waals surface area contributed by atoms with Gasteiger partial charge in [0.05, 0.1) is 6.54 Å². The Morgan fingerprint density at radius 2 is 2.14 bits per heavy atom. The Hall–Kier alpha value is -1.46. The van der Waals surface area contributed by atoms with E-state index in [9.17, 15) is 9.18 Å². The first-order valence-electron chi connectivity index (χ1n) is 7.49. The molecular formula is C16H24FN3O. The van der Waals surface area contributed by atoms with Gasteiger partial charge in [0, 0.05) is 12.6 Å². The summed E-state index contributed by atoms with van der Waals surface area (Å²) in [6, 6.07) is 5.40. The number of benzene rings is 1. The van der Waals surface area contributed by atoms with Gasteiger partial charge in [-0.25, -0.2) is 4.39 Å². The topological polar surface area (TPSA) is 44.4 Å². The zero-order valence-electron chi connectivity index (χ0n) is 12.8. The number of rotatable bonds is 5. The van der Waals surface area contributed by atoms with E-state index in [1.165, 1.54) is 6.07 Å². The Bertz CT molecular complexity index is 486. The van der Waals surface area contributed by atoms with Gasteiger partial charge in [0.15, 0.2) is 0 Å². The maximum atomic E-state index is 13.2. The lowest BCUT2D eigenvalue weighted by Crippen LogP contribution is -2.45. The van der Waals surface area contributed by atoms with Crippen molar-refractivity contribution in [3.05, 3.63) is 35.1 Å². The average Bonchev–Trinajstić information content (AvgIpc) is 2.49. The first kappa shape index (κ1) is 15.9. The summed E-state index contributed by atoms with van der Waals surface area (Å²) in [4.78, 5) is 14.1. The third kappa shape index (κ3) is 4.79. The van der Waals surface area contributed by atoms with E-state index in [1.54, 1.807) is 19.1 Å². The molecule has 1 fully saturated rings. The molecule has 5 heteroatoms. The molecule has 0 aliphatic carbocycles. The summed E-state index contributed by atoms with van der Waals surface area (Å²) in [6.45, 7) is 4.62. The molecule has 0 saturated carbocycles. The molecule has 21 heavy (non-hydrogen) atoms. The second kappa shape index (κ2) is 7.52. The van der Waals surface area contributed by atoms with Crippen LogP contribution in [0.2, 0.25) is 0 Å². The molecule has 116 valence electrons. The Kier molecular flexibility index (Phi) is 5.70. The SMILES string of the molecule is Cc1cc(CNC(=O)CN(C)C2CCNCC2)ccc1F. The van der Waals surface area contributed by atoms with Crippen LogP contribution in [0.3, 0.4) is 0 Å². The van der Waals surface area contributed by atoms with Crippen LogP contribution in [0.4, 0.5) is 4.39 Å². The molecule has 1 aliphatic heterocycles. The largest absolute Gasteiger partial charge is 0.351 e. The molecule has 2 rings (SSSR count). The van der Waals surface area contributed by atoms with Crippen LogP contribution >= 0.6 is 0 Å². The van der Waals surface area contributed by atoms with Crippen LogP contribution in [0, 0.1) is 12.7 Å². The fourth-order valence-corrected chi connectivity index (χ4v) is 2.68. The van der Waals surface area contributed by atoms with Gasteiger partial charge in [0.2, 0.25) is 5.91 Å². The van der Waals surface area contributed by atoms with E-state index in [0.29, 0.717) is 24.7 Å². The van der Waals surface area contributed by atoms with Crippen molar-refractivity contribution in [2.24, 2.45) is 0 Å². The van der Waals surface area contributed by atoms with E-state index < -0.39 is 0 Å². The second-order valence-electron chi connectivity index (χ2n) is 5.76. The minimum atomic E-state index is -0.212. The van der Waals surface area contributed by atoms with Gasteiger partial charge in [-0.05, 0) is 57.1 Å². The lowest BCUT2D eigenvalue weighted by Gasteiger charge is -2.31. The zero-order valence-corrected chi connectivity index (χ0v) is 12.8. The Morgan fingerprint density at radius 3 is 2.81 bits per heavy atom. The normalized spacial score (nSPS) is 16.2. The molecule has 0 bridgehead atoms. The van der Waals surface area contributed by atoms with Crippen molar-refractivity contribution in [2.75, 3.05) is 26.7 Å². The molecule has 1 heterocycles. The maximum absolute atomic E-state index is 13.2. The van der Waals surface area contributed by atoms with Crippen molar-refractivity contribution in [1.82, 2.24) is 15.5 Å². The van der Waals surface area contributed by atoms with Crippen molar-refractivity contribution in [1.29, 1.82) is 0 Å². The van der Waals surface area contributed by atoms with Crippen LogP contribution in [0.15, 0.2) is 18.2 Å². The van der Waals surface area contributed by atoms with Crippen molar-refractivity contribution >= 4 is 5.91 Å². The highest BCUT2D eigenvalue weighted by Crippen LogP contribution is 2.10. The number of hydrogen-bond acceptors (Lipinski definition) is 3. The van der Waals surface area contributed by atoms with Gasteiger partial charge in [-0.1, -0.05) is 12.1 Å². The van der Waals surface area contributed by atoms with Gasteiger partial charge >= 0.3 is 0 Å². The highest BCUT2D eigenvalue weighted by molar-refractivity contribution is 5.78. The summed E-state index contributed by atoms with van der Waals surface area (Å²) >= 11 is 0. The van der Waals surface area contributed by atoms with Crippen molar-refractivity contribution in [3.63, 3.8) is 0 Å². The predicted molar refractivity (Wildman–Crippen MR) is 81.5 cm³/mol. The highest BCUT2D eigenvalue weighted by Gasteiger charge is 2.19. The number of nitrogens with zero attached hydrogens (tertiary/aromatic N) is 1. The molecule has 0 atom stereocenters. The molecule has 1 aromatic carbocycles. The number of carbonyl (C=O) groups excluding carboxylic acids is 1. The van der Waals surface area contributed by atoms with Gasteiger partial charge in [-0.15, -0.1) is 0 Å². The van der Waals surface area contributed by atoms with Gasteiger partial charge < -0.3 is 10.6 Å². The standard InChI is InChI=1S/C16H24FN3O/c1-12-9-13(3-4-15(12)17)10-19-16(21)11-20(2)14-5-7-18-8-6-14/h3-4,9,14,18H,5-8,10-11H2,1-2H3,(H,19,21). The number of amides is 1. The Morgan fingerprint density at radius 1 is 1.43 bits per heavy atom. The van der Waals surface area contributed by atoms with Gasteiger partial charge in [-0.3, -0.25) is 9.69 Å². The molecule has 0 spiro atoms. The van der Waals surface area contributed by atoms with Crippen molar-refractivity contribution in [3.8, 4) is 0 Å². The number of nitrogens with one attached hydrogen (secondary N) is 2. The van der Waals surface area contributed by atoms with Crippen molar-refractivity contribution in [2.45, 2.75) is 32.4 Å². The molecule has 0 radical (unpaired) electrons. The van der Waals surface area contributed by atoms with Gasteiger partial charge in [-0.2, -0.15) is 0 Å². The molecule has 0 unspecified atom stereocenters. The fourth-order valence-electron chi connectivity index (χ4n) is 2.68. The minimum absolute atomic E-state index is 0.0120. The maximum Gasteiger partial charge on any atom is 0.234 e. The number of hydrogen-bond donors (Lipinski definition) is 2. The first-order valence-corrected chi connectivity index (χ1v) is 7.49. The number of halogens is 1. The number of carbonyl (C=O) groups is 1.